The Labute approximate surface area is 174 Å². The van der Waals surface area contributed by atoms with Crippen LogP contribution in [0.1, 0.15) is 43.7 Å². The summed E-state index contributed by atoms with van der Waals surface area (Å²) >= 11 is 5.83. The van der Waals surface area contributed by atoms with E-state index in [2.05, 4.69) is 16.9 Å². The summed E-state index contributed by atoms with van der Waals surface area (Å²) in [5.74, 6) is 1.72. The molecular weight excluding hydrogens is 388 g/mol. The van der Waals surface area contributed by atoms with Crippen LogP contribution in [0.25, 0.3) is 5.57 Å². The Morgan fingerprint density at radius 2 is 1.76 bits per heavy atom. The molecular formula is C23H23ClN2O3. The van der Waals surface area contributed by atoms with Crippen molar-refractivity contribution in [3.05, 3.63) is 52.5 Å². The zero-order chi connectivity index (χ0) is 20.1. The number of aliphatic hydroxyl groups excluding tert-OH is 1. The molecule has 2 unspecified atom stereocenters. The predicted octanol–water partition coefficient (Wildman–Crippen LogP) is 5.39. The number of carbonyl (C=O) groups is 1. The number of ether oxygens (including phenoxy) is 1. The monoisotopic (exact) mass is 410 g/mol. The molecule has 6 rings (SSSR count). The lowest BCUT2D eigenvalue weighted by atomic mass is 9.59. The van der Waals surface area contributed by atoms with Gasteiger partial charge in [-0.2, -0.15) is 0 Å². The Morgan fingerprint density at radius 1 is 1.10 bits per heavy atom. The minimum absolute atomic E-state index is 0.00104. The highest BCUT2D eigenvalue weighted by atomic mass is 35.5. The van der Waals surface area contributed by atoms with Crippen LogP contribution in [0.3, 0.4) is 0 Å². The highest BCUT2D eigenvalue weighted by Gasteiger charge is 2.54. The summed E-state index contributed by atoms with van der Waals surface area (Å²) in [6.45, 7) is 2.05. The molecule has 1 aromatic carbocycles. The maximum absolute atomic E-state index is 13.4. The molecule has 1 N–H and O–H groups in total. The number of nitrogens with zero attached hydrogens (tertiary/aromatic N) is 2. The molecule has 150 valence electrons. The lowest BCUT2D eigenvalue weighted by Gasteiger charge is -2.44. The Bertz CT molecular complexity index is 994. The predicted molar refractivity (Wildman–Crippen MR) is 110 cm³/mol. The summed E-state index contributed by atoms with van der Waals surface area (Å²) in [6.07, 6.45) is 8.16. The summed E-state index contributed by atoms with van der Waals surface area (Å²) < 4.78 is 5.78. The van der Waals surface area contributed by atoms with E-state index in [4.69, 9.17) is 16.3 Å². The van der Waals surface area contributed by atoms with Gasteiger partial charge in [0, 0.05) is 11.8 Å². The van der Waals surface area contributed by atoms with Crippen molar-refractivity contribution < 1.29 is 14.6 Å². The van der Waals surface area contributed by atoms with Crippen molar-refractivity contribution in [1.82, 2.24) is 9.97 Å². The van der Waals surface area contributed by atoms with Gasteiger partial charge < -0.3 is 9.84 Å². The number of aromatic nitrogens is 2. The van der Waals surface area contributed by atoms with Crippen molar-refractivity contribution in [2.75, 3.05) is 0 Å². The van der Waals surface area contributed by atoms with Gasteiger partial charge in [0.15, 0.2) is 5.78 Å². The van der Waals surface area contributed by atoms with Gasteiger partial charge in [-0.15, -0.1) is 0 Å². The lowest BCUT2D eigenvalue weighted by Crippen LogP contribution is -2.41. The van der Waals surface area contributed by atoms with Gasteiger partial charge in [-0.1, -0.05) is 24.6 Å². The SMILES string of the molecule is CCc1ccc(Oc2ncc(Cl)cn2)cc1C1=C(O)C2C(C1=O)[C@H]1CC[C@@H]2CC1. The van der Waals surface area contributed by atoms with Gasteiger partial charge in [0.25, 0.3) is 0 Å². The number of ketones is 1. The Morgan fingerprint density at radius 3 is 2.38 bits per heavy atom. The average molecular weight is 411 g/mol. The maximum Gasteiger partial charge on any atom is 0.321 e. The zero-order valence-corrected chi connectivity index (χ0v) is 17.0. The molecule has 0 aliphatic heterocycles. The smallest absolute Gasteiger partial charge is 0.321 e. The number of Topliss-reactive ketones (excluding diaryl/α,β-unsaturated/α-hetero) is 1. The maximum atomic E-state index is 13.4. The fourth-order valence-electron chi connectivity index (χ4n) is 5.57. The van der Waals surface area contributed by atoms with E-state index in [9.17, 15) is 9.90 Å². The quantitative estimate of drug-likeness (QED) is 0.731. The fourth-order valence-corrected chi connectivity index (χ4v) is 5.67. The molecule has 1 heterocycles. The van der Waals surface area contributed by atoms with Gasteiger partial charge in [-0.3, -0.25) is 4.79 Å². The van der Waals surface area contributed by atoms with E-state index in [0.717, 1.165) is 43.2 Å². The Hall–Kier alpha value is -2.40. The van der Waals surface area contributed by atoms with Crippen molar-refractivity contribution in [3.63, 3.8) is 0 Å². The molecule has 0 radical (unpaired) electrons. The van der Waals surface area contributed by atoms with E-state index in [1.54, 1.807) is 0 Å². The van der Waals surface area contributed by atoms with Crippen LogP contribution >= 0.6 is 11.6 Å². The number of halogens is 1. The minimum atomic E-state index is -0.0496. The molecule has 0 spiro atoms. The number of aliphatic hydroxyl groups is 1. The first-order valence-corrected chi connectivity index (χ1v) is 10.7. The first-order chi connectivity index (χ1) is 14.1. The minimum Gasteiger partial charge on any atom is -0.511 e. The van der Waals surface area contributed by atoms with Crippen molar-refractivity contribution >= 4 is 23.0 Å². The van der Waals surface area contributed by atoms with E-state index >= 15 is 0 Å². The van der Waals surface area contributed by atoms with E-state index < -0.39 is 0 Å². The average Bonchev–Trinajstić information content (AvgIpc) is 3.03. The first kappa shape index (κ1) is 18.6. The normalized spacial score (nSPS) is 28.0. The largest absolute Gasteiger partial charge is 0.511 e. The molecule has 5 nitrogen and oxygen atoms in total. The molecule has 0 saturated heterocycles. The molecule has 4 aliphatic rings. The molecule has 3 fully saturated rings. The number of allylic oxidation sites excluding steroid dienone is 2. The fraction of sp³-hybridized carbons (Fsp3) is 0.435. The van der Waals surface area contributed by atoms with Crippen molar-refractivity contribution in [3.8, 4) is 11.8 Å². The number of carbonyl (C=O) groups excluding carboxylic acids is 1. The number of benzene rings is 1. The van der Waals surface area contributed by atoms with Gasteiger partial charge >= 0.3 is 6.01 Å². The number of fused-ring (bicyclic) bond motifs is 2. The number of aryl methyl sites for hydroxylation is 1. The highest BCUT2D eigenvalue weighted by Crippen LogP contribution is 2.57. The van der Waals surface area contributed by atoms with Crippen LogP contribution in [0, 0.1) is 23.7 Å². The van der Waals surface area contributed by atoms with Crippen molar-refractivity contribution in [2.45, 2.75) is 39.0 Å². The third-order valence-electron chi connectivity index (χ3n) is 6.88. The summed E-state index contributed by atoms with van der Waals surface area (Å²) in [5.41, 5.74) is 2.30. The van der Waals surface area contributed by atoms with Crippen LogP contribution in [0.4, 0.5) is 0 Å². The molecule has 0 amide bonds. The van der Waals surface area contributed by atoms with Crippen LogP contribution in [-0.2, 0) is 11.2 Å². The van der Waals surface area contributed by atoms with E-state index in [0.29, 0.717) is 33.9 Å². The van der Waals surface area contributed by atoms with E-state index in [1.807, 2.05) is 18.2 Å². The Kier molecular flexibility index (Phi) is 4.58. The molecule has 4 aliphatic carbocycles. The van der Waals surface area contributed by atoms with E-state index in [-0.39, 0.29) is 23.6 Å². The van der Waals surface area contributed by atoms with Gasteiger partial charge in [0.1, 0.15) is 11.5 Å². The highest BCUT2D eigenvalue weighted by molar-refractivity contribution is 6.30. The molecule has 3 saturated carbocycles. The second-order valence-electron chi connectivity index (χ2n) is 8.31. The summed E-state index contributed by atoms with van der Waals surface area (Å²) in [4.78, 5) is 21.6. The third-order valence-corrected chi connectivity index (χ3v) is 7.07. The molecule has 6 heteroatoms. The van der Waals surface area contributed by atoms with Crippen LogP contribution in [0.2, 0.25) is 5.02 Å². The second kappa shape index (κ2) is 7.13. The zero-order valence-electron chi connectivity index (χ0n) is 16.3. The standard InChI is InChI=1S/C23H23ClN2O3/c1-2-12-7-8-16(29-23-25-10-15(24)11-26-23)9-17(12)20-21(27)18-13-3-4-14(6-5-13)19(18)22(20)28/h7-11,13-14,18-19,27H,2-6H2,1H3/t13-,14+,18?,19?. The first-order valence-electron chi connectivity index (χ1n) is 10.3. The van der Waals surface area contributed by atoms with Crippen LogP contribution in [0.5, 0.6) is 11.8 Å². The van der Waals surface area contributed by atoms with Crippen molar-refractivity contribution in [1.29, 1.82) is 0 Å². The number of hydrogen-bond acceptors (Lipinski definition) is 5. The van der Waals surface area contributed by atoms with Gasteiger partial charge in [-0.05, 0) is 67.2 Å². The summed E-state index contributed by atoms with van der Waals surface area (Å²) in [7, 11) is 0. The summed E-state index contributed by atoms with van der Waals surface area (Å²) in [6, 6.07) is 5.81. The van der Waals surface area contributed by atoms with Crippen LogP contribution in [-0.4, -0.2) is 20.9 Å². The number of rotatable bonds is 4. The number of hydrogen-bond donors (Lipinski definition) is 1. The molecule has 29 heavy (non-hydrogen) atoms. The molecule has 2 aromatic rings. The molecule has 1 aromatic heterocycles. The topological polar surface area (TPSA) is 72.3 Å². The summed E-state index contributed by atoms with van der Waals surface area (Å²) in [5, 5.41) is 11.6. The second-order valence-corrected chi connectivity index (χ2v) is 8.75. The lowest BCUT2D eigenvalue weighted by molar-refractivity contribution is -0.123. The Balaban J connectivity index is 1.54. The van der Waals surface area contributed by atoms with Crippen LogP contribution < -0.4 is 4.74 Å². The molecule has 2 bridgehead atoms. The van der Waals surface area contributed by atoms with Crippen molar-refractivity contribution in [2.24, 2.45) is 23.7 Å². The molecule has 2 atom stereocenters. The van der Waals surface area contributed by atoms with Gasteiger partial charge in [0.2, 0.25) is 0 Å². The van der Waals surface area contributed by atoms with E-state index in [1.165, 1.54) is 12.4 Å². The van der Waals surface area contributed by atoms with Crippen LogP contribution in [0.15, 0.2) is 36.4 Å². The van der Waals surface area contributed by atoms with Gasteiger partial charge in [-0.25, -0.2) is 9.97 Å². The third kappa shape index (κ3) is 3.03. The van der Waals surface area contributed by atoms with Gasteiger partial charge in [0.05, 0.1) is 23.0 Å².